The molecule has 6 heteroatoms. The number of benzene rings is 1. The van der Waals surface area contributed by atoms with Crippen molar-refractivity contribution in [1.29, 1.82) is 5.26 Å². The maximum atomic E-state index is 9.51. The van der Waals surface area contributed by atoms with Gasteiger partial charge < -0.3 is 9.64 Å². The molecule has 0 aliphatic carbocycles. The van der Waals surface area contributed by atoms with Gasteiger partial charge in [0.25, 0.3) is 0 Å². The lowest BCUT2D eigenvalue weighted by Crippen LogP contribution is -2.46. The minimum absolute atomic E-state index is 0.657. The molecule has 0 radical (unpaired) electrons. The van der Waals surface area contributed by atoms with Crippen LogP contribution in [0.5, 0.6) is 5.75 Å². The molecule has 1 saturated heterocycles. The molecule has 1 aromatic heterocycles. The molecule has 2 aromatic rings. The lowest BCUT2D eigenvalue weighted by molar-refractivity contribution is 0.249. The SMILES string of the molecule is Cc1nnc(N2CCN(Cc3ccc4c(c3)CCO4)CC2)c(C#N)c1C. The number of hydrogen-bond donors (Lipinski definition) is 0. The Labute approximate surface area is 154 Å². The predicted molar refractivity (Wildman–Crippen MR) is 99.4 cm³/mol. The van der Waals surface area contributed by atoms with Gasteiger partial charge in [0, 0.05) is 39.1 Å². The predicted octanol–water partition coefficient (Wildman–Crippen LogP) is 2.22. The summed E-state index contributed by atoms with van der Waals surface area (Å²) in [6.07, 6.45) is 1.01. The van der Waals surface area contributed by atoms with Gasteiger partial charge in [-0.15, -0.1) is 5.10 Å². The number of fused-ring (bicyclic) bond motifs is 1. The third-order valence-electron chi connectivity index (χ3n) is 5.38. The highest BCUT2D eigenvalue weighted by molar-refractivity contribution is 5.57. The first kappa shape index (κ1) is 16.8. The van der Waals surface area contributed by atoms with Crippen molar-refractivity contribution in [2.75, 3.05) is 37.7 Å². The van der Waals surface area contributed by atoms with Gasteiger partial charge in [0.15, 0.2) is 5.82 Å². The molecule has 0 atom stereocenters. The fourth-order valence-corrected chi connectivity index (χ4v) is 3.67. The number of aromatic nitrogens is 2. The highest BCUT2D eigenvalue weighted by Crippen LogP contribution is 2.27. The second kappa shape index (κ2) is 6.93. The number of rotatable bonds is 3. The minimum Gasteiger partial charge on any atom is -0.493 e. The zero-order valence-electron chi connectivity index (χ0n) is 15.3. The number of hydrogen-bond acceptors (Lipinski definition) is 6. The van der Waals surface area contributed by atoms with E-state index in [0.717, 1.165) is 68.6 Å². The Hall–Kier alpha value is -2.65. The summed E-state index contributed by atoms with van der Waals surface area (Å²) in [6.45, 7) is 9.22. The second-order valence-corrected chi connectivity index (χ2v) is 7.02. The van der Waals surface area contributed by atoms with E-state index in [1.807, 2.05) is 13.8 Å². The average molecular weight is 349 g/mol. The van der Waals surface area contributed by atoms with Gasteiger partial charge in [-0.05, 0) is 36.6 Å². The van der Waals surface area contributed by atoms with E-state index in [1.165, 1.54) is 11.1 Å². The van der Waals surface area contributed by atoms with Crippen LogP contribution in [-0.2, 0) is 13.0 Å². The Morgan fingerprint density at radius 1 is 1.15 bits per heavy atom. The fraction of sp³-hybridized carbons (Fsp3) is 0.450. The van der Waals surface area contributed by atoms with Crippen LogP contribution in [0.2, 0.25) is 0 Å². The molecule has 1 aromatic carbocycles. The van der Waals surface area contributed by atoms with Crippen LogP contribution < -0.4 is 9.64 Å². The summed E-state index contributed by atoms with van der Waals surface area (Å²) in [7, 11) is 0. The quantitative estimate of drug-likeness (QED) is 0.847. The summed E-state index contributed by atoms with van der Waals surface area (Å²) in [6, 6.07) is 8.84. The summed E-state index contributed by atoms with van der Waals surface area (Å²) in [5, 5.41) is 18.0. The number of ether oxygens (including phenoxy) is 1. The van der Waals surface area contributed by atoms with Crippen LogP contribution in [0.4, 0.5) is 5.82 Å². The van der Waals surface area contributed by atoms with E-state index in [4.69, 9.17) is 4.74 Å². The number of nitriles is 1. The summed E-state index contributed by atoms with van der Waals surface area (Å²) < 4.78 is 5.59. The van der Waals surface area contributed by atoms with E-state index >= 15 is 0 Å². The van der Waals surface area contributed by atoms with Crippen LogP contribution in [0.15, 0.2) is 18.2 Å². The van der Waals surface area contributed by atoms with Crippen LogP contribution >= 0.6 is 0 Å². The van der Waals surface area contributed by atoms with Gasteiger partial charge in [-0.25, -0.2) is 0 Å². The maximum Gasteiger partial charge on any atom is 0.169 e. The summed E-state index contributed by atoms with van der Waals surface area (Å²) in [5.74, 6) is 1.76. The van der Waals surface area contributed by atoms with E-state index in [-0.39, 0.29) is 0 Å². The van der Waals surface area contributed by atoms with E-state index in [9.17, 15) is 5.26 Å². The lowest BCUT2D eigenvalue weighted by Gasteiger charge is -2.35. The van der Waals surface area contributed by atoms with Crippen molar-refractivity contribution in [3.05, 3.63) is 46.1 Å². The first-order valence-corrected chi connectivity index (χ1v) is 9.11. The molecule has 1 fully saturated rings. The average Bonchev–Trinajstić information content (AvgIpc) is 3.12. The van der Waals surface area contributed by atoms with E-state index < -0.39 is 0 Å². The van der Waals surface area contributed by atoms with Crippen molar-refractivity contribution >= 4 is 5.82 Å². The zero-order valence-corrected chi connectivity index (χ0v) is 15.3. The number of aryl methyl sites for hydroxylation is 1. The van der Waals surface area contributed by atoms with Gasteiger partial charge in [0.2, 0.25) is 0 Å². The highest BCUT2D eigenvalue weighted by Gasteiger charge is 2.23. The van der Waals surface area contributed by atoms with Gasteiger partial charge in [-0.1, -0.05) is 12.1 Å². The molecule has 0 amide bonds. The molecule has 3 heterocycles. The molecule has 26 heavy (non-hydrogen) atoms. The topological polar surface area (TPSA) is 65.3 Å². The first-order valence-electron chi connectivity index (χ1n) is 9.11. The minimum atomic E-state index is 0.657. The Kier molecular flexibility index (Phi) is 4.48. The molecule has 0 N–H and O–H groups in total. The Morgan fingerprint density at radius 2 is 1.96 bits per heavy atom. The molecular formula is C20H23N5O. The molecular weight excluding hydrogens is 326 g/mol. The third kappa shape index (κ3) is 3.11. The lowest BCUT2D eigenvalue weighted by atomic mass is 10.1. The number of anilines is 1. The van der Waals surface area contributed by atoms with Crippen LogP contribution in [-0.4, -0.2) is 47.9 Å². The molecule has 134 valence electrons. The molecule has 6 nitrogen and oxygen atoms in total. The largest absolute Gasteiger partial charge is 0.493 e. The second-order valence-electron chi connectivity index (χ2n) is 7.02. The normalized spacial score (nSPS) is 16.9. The smallest absolute Gasteiger partial charge is 0.169 e. The van der Waals surface area contributed by atoms with Crippen molar-refractivity contribution in [3.8, 4) is 11.8 Å². The monoisotopic (exact) mass is 349 g/mol. The first-order chi connectivity index (χ1) is 12.7. The highest BCUT2D eigenvalue weighted by atomic mass is 16.5. The number of nitrogens with zero attached hydrogens (tertiary/aromatic N) is 5. The van der Waals surface area contributed by atoms with E-state index in [1.54, 1.807) is 0 Å². The van der Waals surface area contributed by atoms with Crippen molar-refractivity contribution in [1.82, 2.24) is 15.1 Å². The van der Waals surface area contributed by atoms with Gasteiger partial charge in [0.1, 0.15) is 17.4 Å². The van der Waals surface area contributed by atoms with E-state index in [2.05, 4.69) is 44.3 Å². The van der Waals surface area contributed by atoms with Gasteiger partial charge in [-0.3, -0.25) is 4.90 Å². The molecule has 0 saturated carbocycles. The van der Waals surface area contributed by atoms with Crippen LogP contribution in [0, 0.1) is 25.2 Å². The standard InChI is InChI=1S/C20H23N5O/c1-14-15(2)22-23-20(18(14)12-21)25-8-6-24(7-9-25)13-16-3-4-19-17(11-16)5-10-26-19/h3-4,11H,5-10,13H2,1-2H3. The maximum absolute atomic E-state index is 9.51. The summed E-state index contributed by atoms with van der Waals surface area (Å²) in [5.41, 5.74) is 5.07. The van der Waals surface area contributed by atoms with Crippen LogP contribution in [0.1, 0.15) is 27.9 Å². The Bertz CT molecular complexity index is 865. The molecule has 2 aliphatic rings. The van der Waals surface area contributed by atoms with Gasteiger partial charge >= 0.3 is 0 Å². The van der Waals surface area contributed by atoms with Crippen LogP contribution in [0.25, 0.3) is 0 Å². The van der Waals surface area contributed by atoms with Crippen molar-refractivity contribution < 1.29 is 4.74 Å². The third-order valence-corrected chi connectivity index (χ3v) is 5.38. The molecule has 2 aliphatic heterocycles. The van der Waals surface area contributed by atoms with Crippen molar-refractivity contribution in [2.24, 2.45) is 0 Å². The molecule has 4 rings (SSSR count). The fourth-order valence-electron chi connectivity index (χ4n) is 3.67. The molecule has 0 bridgehead atoms. The number of piperazine rings is 1. The Balaban J connectivity index is 1.42. The summed E-state index contributed by atoms with van der Waals surface area (Å²) in [4.78, 5) is 4.64. The van der Waals surface area contributed by atoms with Gasteiger partial charge in [0.05, 0.1) is 12.3 Å². The van der Waals surface area contributed by atoms with E-state index in [0.29, 0.717) is 5.56 Å². The zero-order chi connectivity index (χ0) is 18.1. The molecule has 0 spiro atoms. The van der Waals surface area contributed by atoms with Crippen LogP contribution in [0.3, 0.4) is 0 Å². The van der Waals surface area contributed by atoms with Crippen molar-refractivity contribution in [2.45, 2.75) is 26.8 Å². The van der Waals surface area contributed by atoms with Crippen molar-refractivity contribution in [3.63, 3.8) is 0 Å². The van der Waals surface area contributed by atoms with Gasteiger partial charge in [-0.2, -0.15) is 10.4 Å². The summed E-state index contributed by atoms with van der Waals surface area (Å²) >= 11 is 0. The molecule has 0 unspecified atom stereocenters. The Morgan fingerprint density at radius 3 is 2.73 bits per heavy atom.